The van der Waals surface area contributed by atoms with Crippen LogP contribution in [-0.4, -0.2) is 5.84 Å². The molecule has 11 rings (SSSR count). The van der Waals surface area contributed by atoms with E-state index in [1.807, 2.05) is 36.0 Å². The Balaban J connectivity index is 1.11. The second-order valence-electron chi connectivity index (χ2n) is 15.3. The fourth-order valence-electron chi connectivity index (χ4n) is 9.57. The van der Waals surface area contributed by atoms with E-state index in [9.17, 15) is 5.26 Å². The number of rotatable bonds is 5. The molecule has 58 heavy (non-hydrogen) atoms. The number of amidine groups is 1. The smallest absolute Gasteiger partial charge is 0.134 e. The summed E-state index contributed by atoms with van der Waals surface area (Å²) in [7, 11) is 0. The maximum Gasteiger partial charge on any atom is 0.134 e. The van der Waals surface area contributed by atoms with Gasteiger partial charge < -0.3 is 5.32 Å². The number of nitrogens with zero attached hydrogens (tertiary/aromatic N) is 2. The summed E-state index contributed by atoms with van der Waals surface area (Å²) in [6.45, 7) is 0. The van der Waals surface area contributed by atoms with Gasteiger partial charge in [0.25, 0.3) is 0 Å². The average molecular weight is 760 g/mol. The van der Waals surface area contributed by atoms with Crippen LogP contribution >= 0.6 is 11.8 Å². The molecule has 1 N–H and O–H groups in total. The first-order chi connectivity index (χ1) is 28.7. The van der Waals surface area contributed by atoms with Gasteiger partial charge in [0.1, 0.15) is 5.84 Å². The normalized spacial score (nSPS) is 17.1. The highest BCUT2D eigenvalue weighted by atomic mass is 32.2. The molecule has 0 saturated heterocycles. The Bertz CT molecular complexity index is 2880. The lowest BCUT2D eigenvalue weighted by Crippen LogP contribution is -2.34. The summed E-state index contributed by atoms with van der Waals surface area (Å²) in [5.74, 6) is 0.870. The van der Waals surface area contributed by atoms with Gasteiger partial charge >= 0.3 is 0 Å². The molecule has 2 aliphatic heterocycles. The van der Waals surface area contributed by atoms with Crippen LogP contribution in [0.15, 0.2) is 208 Å². The topological polar surface area (TPSA) is 48.2 Å². The number of benzene rings is 7. The molecule has 1 spiro atoms. The van der Waals surface area contributed by atoms with Gasteiger partial charge in [-0.15, -0.1) is 0 Å². The van der Waals surface area contributed by atoms with Crippen molar-refractivity contribution in [2.75, 3.05) is 0 Å². The summed E-state index contributed by atoms with van der Waals surface area (Å²) in [6, 6.07) is 65.4. The van der Waals surface area contributed by atoms with Crippen molar-refractivity contribution in [3.8, 4) is 17.2 Å². The van der Waals surface area contributed by atoms with Gasteiger partial charge in [-0.05, 0) is 116 Å². The summed E-state index contributed by atoms with van der Waals surface area (Å²) in [5, 5.41) is 13.2. The van der Waals surface area contributed by atoms with Gasteiger partial charge in [-0.2, -0.15) is 5.26 Å². The maximum absolute atomic E-state index is 9.36. The van der Waals surface area contributed by atoms with Crippen LogP contribution in [0.2, 0.25) is 0 Å². The fourth-order valence-corrected chi connectivity index (χ4v) is 10.8. The molecule has 0 fully saturated rings. The van der Waals surface area contributed by atoms with E-state index in [0.717, 1.165) is 46.6 Å². The lowest BCUT2D eigenvalue weighted by molar-refractivity contribution is 0.664. The predicted octanol–water partition coefficient (Wildman–Crippen LogP) is 12.8. The van der Waals surface area contributed by atoms with Crippen LogP contribution in [0, 0.1) is 11.3 Å². The molecule has 0 amide bonds. The van der Waals surface area contributed by atoms with Gasteiger partial charge in [-0.1, -0.05) is 163 Å². The number of nitrogens with one attached hydrogen (secondary N) is 1. The molecule has 4 heteroatoms. The van der Waals surface area contributed by atoms with Gasteiger partial charge in [0.05, 0.1) is 28.8 Å². The van der Waals surface area contributed by atoms with Crippen LogP contribution in [0.4, 0.5) is 0 Å². The van der Waals surface area contributed by atoms with E-state index >= 15 is 0 Å². The highest BCUT2D eigenvalue weighted by Crippen LogP contribution is 2.64. The summed E-state index contributed by atoms with van der Waals surface area (Å²) in [4.78, 5) is 7.97. The van der Waals surface area contributed by atoms with Gasteiger partial charge in [0, 0.05) is 15.4 Å². The monoisotopic (exact) mass is 759 g/mol. The fraction of sp³-hybridized carbons (Fsp3) is 0.0741. The van der Waals surface area contributed by atoms with Crippen molar-refractivity contribution < 1.29 is 0 Å². The lowest BCUT2D eigenvalue weighted by Gasteiger charge is -2.41. The van der Waals surface area contributed by atoms with E-state index in [0.29, 0.717) is 5.56 Å². The van der Waals surface area contributed by atoms with Crippen LogP contribution in [0.5, 0.6) is 0 Å². The number of allylic oxidation sites excluding steroid dienone is 4. The molecule has 0 aromatic heterocycles. The van der Waals surface area contributed by atoms with Crippen molar-refractivity contribution in [2.45, 2.75) is 34.1 Å². The summed E-state index contributed by atoms with van der Waals surface area (Å²) >= 11 is 1.89. The first-order valence-corrected chi connectivity index (χ1v) is 20.8. The summed E-state index contributed by atoms with van der Waals surface area (Å²) < 4.78 is 0. The van der Waals surface area contributed by atoms with E-state index in [4.69, 9.17) is 4.99 Å². The Morgan fingerprint density at radius 3 is 1.90 bits per heavy atom. The molecule has 274 valence electrons. The molecule has 0 saturated carbocycles. The molecule has 7 aromatic rings. The third-order valence-corrected chi connectivity index (χ3v) is 13.3. The molecule has 3 nitrogen and oxygen atoms in total. The Kier molecular flexibility index (Phi) is 8.24. The third kappa shape index (κ3) is 5.46. The molecule has 7 aromatic carbocycles. The van der Waals surface area contributed by atoms with E-state index in [1.165, 1.54) is 59.9 Å². The highest BCUT2D eigenvalue weighted by Gasteiger charge is 2.52. The van der Waals surface area contributed by atoms with E-state index in [-0.39, 0.29) is 6.04 Å². The minimum atomic E-state index is -0.424. The minimum Gasteiger partial charge on any atom is -0.359 e. The Hall–Kier alpha value is -6.93. The van der Waals surface area contributed by atoms with Crippen LogP contribution in [-0.2, 0) is 5.41 Å². The third-order valence-electron chi connectivity index (χ3n) is 12.2. The highest BCUT2D eigenvalue weighted by molar-refractivity contribution is 7.99. The SMILES string of the molecule is N#Cc1ccc(-c2ccc(C3=CCCC4=C3c3cc(C5=NC(c6ccccc6)=CC(c6ccccc6)N5)ccc3C43c4ccccc4Sc4ccccc43)cc2)cc1. The molecule has 0 radical (unpaired) electrons. The van der Waals surface area contributed by atoms with Crippen LogP contribution in [0.3, 0.4) is 0 Å². The number of fused-ring (bicyclic) bond motifs is 8. The van der Waals surface area contributed by atoms with Gasteiger partial charge in [0.15, 0.2) is 0 Å². The van der Waals surface area contributed by atoms with Crippen molar-refractivity contribution in [1.82, 2.24) is 5.32 Å². The maximum atomic E-state index is 9.36. The molecule has 4 aliphatic rings. The van der Waals surface area contributed by atoms with E-state index < -0.39 is 5.41 Å². The minimum absolute atomic E-state index is 0.0350. The first kappa shape index (κ1) is 34.3. The zero-order chi connectivity index (χ0) is 38.6. The van der Waals surface area contributed by atoms with E-state index in [2.05, 4.69) is 175 Å². The molecular weight excluding hydrogens is 723 g/mol. The standard InChI is InChI=1S/C54H37N3S/c55-34-35-22-24-36(25-23-35)37-26-28-38(29-27-37)42-16-11-19-47-52(42)43-32-41(53-56-48(39-12-3-1-4-13-39)33-49(57-53)40-14-5-2-6-15-40)30-31-44(43)54(47)45-17-7-9-20-50(45)58-51-21-10-8-18-46(51)54/h1-10,12-18,20-33,48H,11,19H2,(H,56,57). The first-order valence-electron chi connectivity index (χ1n) is 19.9. The summed E-state index contributed by atoms with van der Waals surface area (Å²) in [6.07, 6.45) is 6.63. The van der Waals surface area contributed by atoms with Crippen molar-refractivity contribution in [3.63, 3.8) is 0 Å². The van der Waals surface area contributed by atoms with Crippen molar-refractivity contribution in [2.24, 2.45) is 4.99 Å². The predicted molar refractivity (Wildman–Crippen MR) is 237 cm³/mol. The van der Waals surface area contributed by atoms with Crippen LogP contribution in [0.25, 0.3) is 28.0 Å². The van der Waals surface area contributed by atoms with Crippen LogP contribution in [0.1, 0.15) is 69.0 Å². The second kappa shape index (κ2) is 13.9. The second-order valence-corrected chi connectivity index (χ2v) is 16.4. The Labute approximate surface area is 343 Å². The molecule has 2 aliphatic carbocycles. The number of aliphatic imine (C=N–C) groups is 1. The lowest BCUT2D eigenvalue weighted by atomic mass is 9.65. The number of nitriles is 1. The largest absolute Gasteiger partial charge is 0.359 e. The summed E-state index contributed by atoms with van der Waals surface area (Å²) in [5.41, 5.74) is 17.4. The average Bonchev–Trinajstić information content (AvgIpc) is 3.59. The van der Waals surface area contributed by atoms with Crippen molar-refractivity contribution in [3.05, 3.63) is 244 Å². The zero-order valence-corrected chi connectivity index (χ0v) is 32.5. The zero-order valence-electron chi connectivity index (χ0n) is 31.7. The molecule has 1 atom stereocenters. The Morgan fingerprint density at radius 2 is 1.21 bits per heavy atom. The number of hydrogen-bond donors (Lipinski definition) is 1. The Morgan fingerprint density at radius 1 is 0.603 bits per heavy atom. The molecule has 0 bridgehead atoms. The van der Waals surface area contributed by atoms with Gasteiger partial charge in [-0.25, -0.2) is 4.99 Å². The molecule has 2 heterocycles. The van der Waals surface area contributed by atoms with Crippen molar-refractivity contribution >= 4 is 34.4 Å². The van der Waals surface area contributed by atoms with Gasteiger partial charge in [-0.3, -0.25) is 0 Å². The molecular formula is C54H37N3S. The van der Waals surface area contributed by atoms with Crippen LogP contribution < -0.4 is 5.32 Å². The van der Waals surface area contributed by atoms with Gasteiger partial charge in [0.2, 0.25) is 0 Å². The van der Waals surface area contributed by atoms with Crippen molar-refractivity contribution in [1.29, 1.82) is 5.26 Å². The molecule has 1 unspecified atom stereocenters. The quantitative estimate of drug-likeness (QED) is 0.190. The number of hydrogen-bond acceptors (Lipinski definition) is 4. The van der Waals surface area contributed by atoms with E-state index in [1.54, 1.807) is 0 Å².